The number of carbonyl (C=O) groups is 1. The van der Waals surface area contributed by atoms with Gasteiger partial charge in [0, 0.05) is 20.1 Å². The van der Waals surface area contributed by atoms with Crippen molar-refractivity contribution in [2.75, 3.05) is 13.7 Å². The molecule has 0 N–H and O–H groups in total. The molecule has 0 aromatic heterocycles. The maximum atomic E-state index is 10.5. The van der Waals surface area contributed by atoms with Crippen LogP contribution in [0.15, 0.2) is 0 Å². The van der Waals surface area contributed by atoms with Crippen molar-refractivity contribution in [2.24, 2.45) is 0 Å². The van der Waals surface area contributed by atoms with Crippen LogP contribution in [0.3, 0.4) is 0 Å². The molecule has 1 saturated heterocycles. The molecule has 45 valence electrons. The number of hydrogen-bond acceptors (Lipinski definition) is 2. The fourth-order valence-corrected chi connectivity index (χ4v) is 0.736. The average molecular weight is 114 g/mol. The summed E-state index contributed by atoms with van der Waals surface area (Å²) < 4.78 is 4.78. The summed E-state index contributed by atoms with van der Waals surface area (Å²) in [7, 11) is 1.53. The molecule has 0 aliphatic carbocycles. The molecule has 0 bridgehead atoms. The van der Waals surface area contributed by atoms with Gasteiger partial charge < -0.3 is 4.74 Å². The van der Waals surface area contributed by atoms with Crippen LogP contribution in [0.1, 0.15) is 6.42 Å². The van der Waals surface area contributed by atoms with E-state index in [2.05, 4.69) is 5.32 Å². The summed E-state index contributed by atoms with van der Waals surface area (Å²) >= 11 is 0. The minimum atomic E-state index is -0.241. The van der Waals surface area contributed by atoms with Crippen LogP contribution >= 0.6 is 0 Å². The van der Waals surface area contributed by atoms with Crippen molar-refractivity contribution >= 4 is 5.91 Å². The predicted octanol–water partition coefficient (Wildman–Crippen LogP) is -0.464. The number of rotatable bonds is 1. The third-order valence-corrected chi connectivity index (χ3v) is 1.22. The third-order valence-electron chi connectivity index (χ3n) is 1.22. The molecule has 0 spiro atoms. The van der Waals surface area contributed by atoms with Crippen molar-refractivity contribution in [3.05, 3.63) is 0 Å². The standard InChI is InChI=1S/C5H8NO2/c1-8-4-2-3-6-5(4)7/h4H,2-3H2,1H3. The van der Waals surface area contributed by atoms with Gasteiger partial charge in [-0.25, -0.2) is 5.32 Å². The van der Waals surface area contributed by atoms with E-state index in [9.17, 15) is 4.79 Å². The molecule has 1 heterocycles. The number of hydrogen-bond donors (Lipinski definition) is 0. The summed E-state index contributed by atoms with van der Waals surface area (Å²) in [4.78, 5) is 10.5. The zero-order valence-electron chi connectivity index (χ0n) is 4.76. The van der Waals surface area contributed by atoms with E-state index in [1.54, 1.807) is 0 Å². The van der Waals surface area contributed by atoms with Gasteiger partial charge in [-0.15, -0.1) is 0 Å². The lowest BCUT2D eigenvalue weighted by molar-refractivity contribution is -0.127. The van der Waals surface area contributed by atoms with E-state index in [0.29, 0.717) is 6.54 Å². The first kappa shape index (κ1) is 5.56. The number of methoxy groups -OCH3 is 1. The third kappa shape index (κ3) is 0.816. The molecular weight excluding hydrogens is 106 g/mol. The van der Waals surface area contributed by atoms with E-state index in [4.69, 9.17) is 4.74 Å². The maximum absolute atomic E-state index is 10.5. The van der Waals surface area contributed by atoms with Crippen molar-refractivity contribution in [3.8, 4) is 0 Å². The number of amides is 1. The lowest BCUT2D eigenvalue weighted by Gasteiger charge is -1.99. The molecule has 1 unspecified atom stereocenters. The summed E-state index contributed by atoms with van der Waals surface area (Å²) in [6.07, 6.45) is 0.519. The molecule has 1 rings (SSSR count). The number of ether oxygens (including phenoxy) is 1. The van der Waals surface area contributed by atoms with Gasteiger partial charge in [0.05, 0.1) is 0 Å². The summed E-state index contributed by atoms with van der Waals surface area (Å²) in [5.41, 5.74) is 0. The maximum Gasteiger partial charge on any atom is 0.270 e. The van der Waals surface area contributed by atoms with Crippen LogP contribution < -0.4 is 5.32 Å². The van der Waals surface area contributed by atoms with Crippen LogP contribution in [0, 0.1) is 0 Å². The topological polar surface area (TPSA) is 40.4 Å². The van der Waals surface area contributed by atoms with Crippen LogP contribution in [0.4, 0.5) is 0 Å². The zero-order valence-corrected chi connectivity index (χ0v) is 4.76. The van der Waals surface area contributed by atoms with E-state index in [-0.39, 0.29) is 12.0 Å². The van der Waals surface area contributed by atoms with Gasteiger partial charge in [0.25, 0.3) is 5.91 Å². The number of carbonyl (C=O) groups excluding carboxylic acids is 1. The van der Waals surface area contributed by atoms with Crippen LogP contribution in [0.2, 0.25) is 0 Å². The molecule has 1 aliphatic heterocycles. The second-order valence-electron chi connectivity index (χ2n) is 1.73. The van der Waals surface area contributed by atoms with Gasteiger partial charge in [0.15, 0.2) is 0 Å². The second-order valence-corrected chi connectivity index (χ2v) is 1.73. The zero-order chi connectivity index (χ0) is 5.98. The Hall–Kier alpha value is -0.570. The first-order chi connectivity index (χ1) is 3.84. The largest absolute Gasteiger partial charge is 0.371 e. The van der Waals surface area contributed by atoms with Gasteiger partial charge in [-0.2, -0.15) is 0 Å². The highest BCUT2D eigenvalue weighted by molar-refractivity contribution is 5.82. The Labute approximate surface area is 48.0 Å². The smallest absolute Gasteiger partial charge is 0.270 e. The Morgan fingerprint density at radius 2 is 2.62 bits per heavy atom. The van der Waals surface area contributed by atoms with Crippen molar-refractivity contribution in [3.63, 3.8) is 0 Å². The molecule has 1 radical (unpaired) electrons. The molecule has 0 aromatic rings. The quantitative estimate of drug-likeness (QED) is 0.462. The highest BCUT2D eigenvalue weighted by atomic mass is 16.5. The minimum absolute atomic E-state index is 0.104. The molecule has 0 saturated carbocycles. The molecule has 1 amide bonds. The Bertz CT molecular complexity index is 103. The van der Waals surface area contributed by atoms with E-state index >= 15 is 0 Å². The summed E-state index contributed by atoms with van der Waals surface area (Å²) in [5, 5.41) is 3.62. The lowest BCUT2D eigenvalue weighted by atomic mass is 10.3. The Balaban J connectivity index is 2.42. The average Bonchev–Trinajstić information content (AvgIpc) is 2.14. The van der Waals surface area contributed by atoms with Crippen LogP contribution in [0.25, 0.3) is 0 Å². The molecule has 1 fully saturated rings. The van der Waals surface area contributed by atoms with Crippen molar-refractivity contribution in [2.45, 2.75) is 12.5 Å². The van der Waals surface area contributed by atoms with E-state index in [1.165, 1.54) is 7.11 Å². The van der Waals surface area contributed by atoms with Gasteiger partial charge >= 0.3 is 0 Å². The molecular formula is C5H8NO2. The number of nitrogens with zero attached hydrogens (tertiary/aromatic N) is 1. The van der Waals surface area contributed by atoms with Crippen molar-refractivity contribution < 1.29 is 9.53 Å². The lowest BCUT2D eigenvalue weighted by Crippen LogP contribution is -2.19. The monoisotopic (exact) mass is 114 g/mol. The fourth-order valence-electron chi connectivity index (χ4n) is 0.736. The van der Waals surface area contributed by atoms with Gasteiger partial charge in [0.1, 0.15) is 6.10 Å². The predicted molar refractivity (Wildman–Crippen MR) is 27.4 cm³/mol. The Kier molecular flexibility index (Phi) is 1.48. The van der Waals surface area contributed by atoms with E-state index in [1.807, 2.05) is 0 Å². The SMILES string of the molecule is COC1CC[N]C1=O. The Morgan fingerprint density at radius 3 is 2.88 bits per heavy atom. The fraction of sp³-hybridized carbons (Fsp3) is 0.800. The molecule has 0 aromatic carbocycles. The summed E-state index contributed by atoms with van der Waals surface area (Å²) in [6, 6.07) is 0. The van der Waals surface area contributed by atoms with E-state index < -0.39 is 0 Å². The van der Waals surface area contributed by atoms with Crippen LogP contribution in [-0.2, 0) is 9.53 Å². The summed E-state index contributed by atoms with van der Waals surface area (Å²) in [6.45, 7) is 0.636. The highest BCUT2D eigenvalue weighted by Gasteiger charge is 2.24. The minimum Gasteiger partial charge on any atom is -0.371 e. The van der Waals surface area contributed by atoms with Crippen molar-refractivity contribution in [1.29, 1.82) is 0 Å². The van der Waals surface area contributed by atoms with Gasteiger partial charge in [-0.05, 0) is 0 Å². The second kappa shape index (κ2) is 2.13. The first-order valence-electron chi connectivity index (χ1n) is 2.58. The molecule has 3 heteroatoms. The molecule has 8 heavy (non-hydrogen) atoms. The van der Waals surface area contributed by atoms with Gasteiger partial charge in [-0.1, -0.05) is 0 Å². The highest BCUT2D eigenvalue weighted by Crippen LogP contribution is 2.03. The van der Waals surface area contributed by atoms with Gasteiger partial charge in [-0.3, -0.25) is 4.79 Å². The van der Waals surface area contributed by atoms with Gasteiger partial charge in [0.2, 0.25) is 0 Å². The first-order valence-corrected chi connectivity index (χ1v) is 2.58. The molecule has 3 nitrogen and oxygen atoms in total. The van der Waals surface area contributed by atoms with Crippen LogP contribution in [0.5, 0.6) is 0 Å². The molecule has 1 aliphatic rings. The summed E-state index contributed by atoms with van der Waals surface area (Å²) in [5.74, 6) is -0.104. The van der Waals surface area contributed by atoms with E-state index in [0.717, 1.165) is 6.42 Å². The molecule has 1 atom stereocenters. The van der Waals surface area contributed by atoms with Crippen molar-refractivity contribution in [1.82, 2.24) is 5.32 Å². The normalized spacial score (nSPS) is 28.1. The Morgan fingerprint density at radius 1 is 1.88 bits per heavy atom. The van der Waals surface area contributed by atoms with Crippen LogP contribution in [-0.4, -0.2) is 25.7 Å².